The molecule has 0 aromatic carbocycles. The number of alkyl halides is 3. The van der Waals surface area contributed by atoms with Crippen LogP contribution in [0.2, 0.25) is 0 Å². The first-order valence-electron chi connectivity index (χ1n) is 12.6. The van der Waals surface area contributed by atoms with Gasteiger partial charge in [0.1, 0.15) is 18.1 Å². The van der Waals surface area contributed by atoms with Crippen LogP contribution < -0.4 is 0 Å². The van der Waals surface area contributed by atoms with Crippen LogP contribution >= 0.6 is 0 Å². The first-order chi connectivity index (χ1) is 17.0. The summed E-state index contributed by atoms with van der Waals surface area (Å²) >= 11 is 0. The van der Waals surface area contributed by atoms with Gasteiger partial charge in [-0.25, -0.2) is 9.59 Å². The molecule has 3 amide bonds. The van der Waals surface area contributed by atoms with Gasteiger partial charge in [0, 0.05) is 21.1 Å². The van der Waals surface area contributed by atoms with Crippen LogP contribution in [-0.2, 0) is 23.9 Å². The number of ether oxygens (including phenoxy) is 2. The fourth-order valence-corrected chi connectivity index (χ4v) is 4.21. The average Bonchev–Trinajstić information content (AvgIpc) is 2.85. The summed E-state index contributed by atoms with van der Waals surface area (Å²) in [7, 11) is 5.42. The van der Waals surface area contributed by atoms with Gasteiger partial charge in [-0.2, -0.15) is 13.2 Å². The highest BCUT2D eigenvalue weighted by atomic mass is 19.4. The van der Waals surface area contributed by atoms with Gasteiger partial charge in [-0.05, 0) is 17.8 Å². The predicted octanol–water partition coefficient (Wildman–Crippen LogP) is 3.95. The first kappa shape index (κ1) is 34.5. The molecular weight excluding hydrogens is 495 g/mol. The molecule has 6 unspecified atom stereocenters. The van der Waals surface area contributed by atoms with Crippen molar-refractivity contribution in [1.29, 1.82) is 0 Å². The molecule has 0 saturated heterocycles. The molecule has 0 aliphatic carbocycles. The predicted molar refractivity (Wildman–Crippen MR) is 132 cm³/mol. The highest BCUT2D eigenvalue weighted by molar-refractivity contribution is 5.93. The summed E-state index contributed by atoms with van der Waals surface area (Å²) in [4.78, 5) is 55.9. The molecule has 9 nitrogen and oxygen atoms in total. The number of carbonyl (C=O) groups is 4. The number of hydrogen-bond donors (Lipinski definition) is 0. The van der Waals surface area contributed by atoms with E-state index in [9.17, 15) is 32.3 Å². The van der Waals surface area contributed by atoms with E-state index in [1.807, 2.05) is 13.8 Å². The number of carbonyl (C=O) groups excluding carboxylic acids is 4. The summed E-state index contributed by atoms with van der Waals surface area (Å²) in [5.41, 5.74) is 0. The molecule has 0 saturated carbocycles. The monoisotopic (exact) mass is 539 g/mol. The minimum Gasteiger partial charge on any atom is -0.454 e. The number of esters is 1. The van der Waals surface area contributed by atoms with Crippen molar-refractivity contribution in [3.8, 4) is 0 Å². The van der Waals surface area contributed by atoms with E-state index in [0.29, 0.717) is 19.3 Å². The van der Waals surface area contributed by atoms with E-state index >= 15 is 0 Å². The van der Waals surface area contributed by atoms with Crippen molar-refractivity contribution in [2.45, 2.75) is 85.1 Å². The molecule has 0 aromatic rings. The molecule has 0 spiro atoms. The summed E-state index contributed by atoms with van der Waals surface area (Å²) < 4.78 is 47.3. The lowest BCUT2D eigenvalue weighted by Crippen LogP contribution is -2.60. The highest BCUT2D eigenvalue weighted by Crippen LogP contribution is 2.25. The number of nitrogens with zero attached hydrogens (tertiary/aromatic N) is 3. The molecule has 0 aliphatic rings. The number of halogens is 3. The van der Waals surface area contributed by atoms with Crippen LogP contribution in [-0.4, -0.2) is 97.7 Å². The number of methoxy groups -OCH3 is 1. The molecule has 0 bridgehead atoms. The highest BCUT2D eigenvalue weighted by Gasteiger charge is 2.43. The molecule has 0 N–H and O–H groups in total. The van der Waals surface area contributed by atoms with Gasteiger partial charge in [-0.1, -0.05) is 60.8 Å². The number of likely N-dealkylation sites (N-methyl/N-ethyl adjacent to an activating group) is 3. The number of amides is 3. The van der Waals surface area contributed by atoms with Gasteiger partial charge in [-0.3, -0.25) is 14.5 Å². The molecule has 0 rings (SSSR count). The van der Waals surface area contributed by atoms with Gasteiger partial charge in [-0.15, -0.1) is 0 Å². The summed E-state index contributed by atoms with van der Waals surface area (Å²) in [6, 6.07) is -3.24. The van der Waals surface area contributed by atoms with Crippen LogP contribution in [0.1, 0.15) is 60.8 Å². The third-order valence-electron chi connectivity index (χ3n) is 7.08. The lowest BCUT2D eigenvalue weighted by atomic mass is 9.91. The van der Waals surface area contributed by atoms with Crippen molar-refractivity contribution in [3.05, 3.63) is 0 Å². The molecule has 0 aliphatic heterocycles. The minimum absolute atomic E-state index is 0.269. The van der Waals surface area contributed by atoms with Crippen molar-refractivity contribution >= 4 is 23.9 Å². The lowest BCUT2D eigenvalue weighted by molar-refractivity contribution is -0.191. The second kappa shape index (κ2) is 15.0. The second-order valence-corrected chi connectivity index (χ2v) is 9.69. The zero-order valence-electron chi connectivity index (χ0n) is 23.7. The zero-order chi connectivity index (χ0) is 29.2. The summed E-state index contributed by atoms with van der Waals surface area (Å²) in [5.74, 6) is -3.41. The zero-order valence-corrected chi connectivity index (χ0v) is 23.7. The Hall–Kier alpha value is -2.53. The van der Waals surface area contributed by atoms with Crippen molar-refractivity contribution in [2.24, 2.45) is 17.8 Å². The summed E-state index contributed by atoms with van der Waals surface area (Å²) in [5, 5.41) is 0. The Kier molecular flexibility index (Phi) is 14.0. The molecule has 37 heavy (non-hydrogen) atoms. The average molecular weight is 540 g/mol. The van der Waals surface area contributed by atoms with Crippen LogP contribution in [0.15, 0.2) is 0 Å². The topological polar surface area (TPSA) is 96.5 Å². The van der Waals surface area contributed by atoms with Gasteiger partial charge in [0.2, 0.25) is 11.8 Å². The first-order valence-corrected chi connectivity index (χ1v) is 12.6. The maximum Gasteiger partial charge on any atom is 0.422 e. The van der Waals surface area contributed by atoms with Crippen molar-refractivity contribution in [1.82, 2.24) is 14.7 Å². The van der Waals surface area contributed by atoms with Gasteiger partial charge >= 0.3 is 18.2 Å². The smallest absolute Gasteiger partial charge is 0.422 e. The Balaban J connectivity index is 6.32. The molecule has 0 aromatic heterocycles. The Labute approximate surface area is 218 Å². The summed E-state index contributed by atoms with van der Waals surface area (Å²) in [6.45, 7) is 8.89. The van der Waals surface area contributed by atoms with Gasteiger partial charge in [0.05, 0.1) is 7.11 Å². The molecule has 12 heteroatoms. The van der Waals surface area contributed by atoms with Crippen molar-refractivity contribution < 1.29 is 41.8 Å². The molecular formula is C25H44F3N3O6. The Morgan fingerprint density at radius 3 is 1.41 bits per heavy atom. The van der Waals surface area contributed by atoms with Gasteiger partial charge in [0.15, 0.2) is 6.61 Å². The largest absolute Gasteiger partial charge is 0.454 e. The van der Waals surface area contributed by atoms with Crippen LogP contribution in [0.4, 0.5) is 18.0 Å². The maximum absolute atomic E-state index is 13.8. The fraction of sp³-hybridized carbons (Fsp3) is 0.840. The third-order valence-corrected chi connectivity index (χ3v) is 7.08. The standard InChI is InChI=1S/C25H44F3N3O6/c1-11-15(4)18(29(7)22(33)19(16(5)12-2)31(9)24(35)36-10)21(32)30(8)20(17(6)13-3)23(34)37-14-25(26,27)28/h15-20H,11-14H2,1-10H3. The van der Waals surface area contributed by atoms with Crippen molar-refractivity contribution in [3.63, 3.8) is 0 Å². The minimum atomic E-state index is -4.71. The normalized spacial score (nSPS) is 16.5. The van der Waals surface area contributed by atoms with E-state index in [1.54, 1.807) is 27.7 Å². The molecule has 0 fully saturated rings. The molecule has 6 atom stereocenters. The van der Waals surface area contributed by atoms with E-state index in [2.05, 4.69) is 4.74 Å². The van der Waals surface area contributed by atoms with Crippen LogP contribution in [0.5, 0.6) is 0 Å². The Morgan fingerprint density at radius 1 is 0.703 bits per heavy atom. The molecule has 216 valence electrons. The second-order valence-electron chi connectivity index (χ2n) is 9.69. The number of rotatable bonds is 13. The molecule has 0 heterocycles. The number of hydrogen-bond acceptors (Lipinski definition) is 6. The maximum atomic E-state index is 13.8. The van der Waals surface area contributed by atoms with E-state index in [4.69, 9.17) is 4.74 Å². The van der Waals surface area contributed by atoms with E-state index < -0.39 is 60.7 Å². The van der Waals surface area contributed by atoms with E-state index in [0.717, 1.165) is 4.90 Å². The fourth-order valence-electron chi connectivity index (χ4n) is 4.21. The molecule has 0 radical (unpaired) electrons. The van der Waals surface area contributed by atoms with Crippen LogP contribution in [0.3, 0.4) is 0 Å². The van der Waals surface area contributed by atoms with Crippen LogP contribution in [0.25, 0.3) is 0 Å². The lowest BCUT2D eigenvalue weighted by Gasteiger charge is -2.41. The third kappa shape index (κ3) is 9.37. The van der Waals surface area contributed by atoms with Gasteiger partial charge in [0.25, 0.3) is 0 Å². The SMILES string of the molecule is CCC(C)C(C(=O)N(C)C(C(=O)N(C)C(C(=O)OCC(F)(F)F)C(C)CC)C(C)CC)N(C)C(=O)OC. The summed E-state index contributed by atoms with van der Waals surface area (Å²) in [6.07, 6.45) is -3.96. The Bertz CT molecular complexity index is 779. The van der Waals surface area contributed by atoms with E-state index in [1.165, 1.54) is 38.1 Å². The Morgan fingerprint density at radius 2 is 1.05 bits per heavy atom. The quantitative estimate of drug-likeness (QED) is 0.329. The van der Waals surface area contributed by atoms with E-state index in [-0.39, 0.29) is 11.8 Å². The van der Waals surface area contributed by atoms with Crippen LogP contribution in [0, 0.1) is 17.8 Å². The van der Waals surface area contributed by atoms with Crippen molar-refractivity contribution in [2.75, 3.05) is 34.9 Å². The van der Waals surface area contributed by atoms with Gasteiger partial charge < -0.3 is 19.3 Å².